The molecule has 96 valence electrons. The Morgan fingerprint density at radius 3 is 1.94 bits per heavy atom. The van der Waals surface area contributed by atoms with Crippen LogP contribution in [0.5, 0.6) is 0 Å². The normalized spacial score (nSPS) is 28.5. The quantitative estimate of drug-likeness (QED) is 0.516. The van der Waals surface area contributed by atoms with Crippen molar-refractivity contribution in [3.8, 4) is 0 Å². The summed E-state index contributed by atoms with van der Waals surface area (Å²) in [5.41, 5.74) is 0. The summed E-state index contributed by atoms with van der Waals surface area (Å²) >= 11 is -2.85. The molecule has 1 aliphatic rings. The van der Waals surface area contributed by atoms with Crippen molar-refractivity contribution in [2.24, 2.45) is 0 Å². The van der Waals surface area contributed by atoms with Crippen molar-refractivity contribution in [1.82, 2.24) is 0 Å². The SMILES string of the molecule is CCC[CH2][Sn]1([CH2]CCC)[O]O[C@@](C)(CC)[O]1. The van der Waals surface area contributed by atoms with Gasteiger partial charge in [-0.25, -0.2) is 0 Å². The molecule has 0 radical (unpaired) electrons. The van der Waals surface area contributed by atoms with Crippen molar-refractivity contribution in [3.63, 3.8) is 0 Å². The molecule has 0 aromatic carbocycles. The van der Waals surface area contributed by atoms with Crippen LogP contribution < -0.4 is 0 Å². The van der Waals surface area contributed by atoms with E-state index in [1.165, 1.54) is 25.7 Å². The molecule has 1 saturated heterocycles. The van der Waals surface area contributed by atoms with E-state index in [1.54, 1.807) is 0 Å². The predicted octanol–water partition coefficient (Wildman–Crippen LogP) is 4.13. The molecule has 16 heavy (non-hydrogen) atoms. The third-order valence-corrected chi connectivity index (χ3v) is 13.0. The van der Waals surface area contributed by atoms with Crippen LogP contribution in [-0.4, -0.2) is 25.0 Å². The van der Waals surface area contributed by atoms with Crippen LogP contribution in [-0.2, 0) is 11.2 Å². The Labute approximate surface area is 105 Å². The zero-order chi connectivity index (χ0) is 12.1. The van der Waals surface area contributed by atoms with Crippen molar-refractivity contribution < 1.29 is 11.2 Å². The summed E-state index contributed by atoms with van der Waals surface area (Å²) < 4.78 is 14.3. The van der Waals surface area contributed by atoms with Gasteiger partial charge in [0.15, 0.2) is 0 Å². The summed E-state index contributed by atoms with van der Waals surface area (Å²) in [6.07, 6.45) is 5.70. The molecule has 1 atom stereocenters. The molecule has 0 unspecified atom stereocenters. The molecular formula is C12H26O3Sn. The van der Waals surface area contributed by atoms with Gasteiger partial charge < -0.3 is 0 Å². The molecule has 0 aliphatic carbocycles. The van der Waals surface area contributed by atoms with E-state index < -0.39 is 25.0 Å². The van der Waals surface area contributed by atoms with Gasteiger partial charge in [-0.2, -0.15) is 0 Å². The van der Waals surface area contributed by atoms with Gasteiger partial charge >= 0.3 is 105 Å². The van der Waals surface area contributed by atoms with E-state index in [9.17, 15) is 0 Å². The number of hydrogen-bond donors (Lipinski definition) is 0. The summed E-state index contributed by atoms with van der Waals surface area (Å²) in [5.74, 6) is -0.461. The molecule has 3 nitrogen and oxygen atoms in total. The first kappa shape index (κ1) is 14.7. The Balaban J connectivity index is 2.58. The Morgan fingerprint density at radius 2 is 1.56 bits per heavy atom. The third kappa shape index (κ3) is 3.86. The molecule has 1 aliphatic heterocycles. The topological polar surface area (TPSA) is 27.7 Å². The number of unbranched alkanes of at least 4 members (excludes halogenated alkanes) is 2. The van der Waals surface area contributed by atoms with Crippen LogP contribution in [0, 0.1) is 0 Å². The fraction of sp³-hybridized carbons (Fsp3) is 1.00. The van der Waals surface area contributed by atoms with Crippen molar-refractivity contribution >= 4 is 19.2 Å². The van der Waals surface area contributed by atoms with E-state index in [-0.39, 0.29) is 0 Å². The van der Waals surface area contributed by atoms with E-state index in [0.717, 1.165) is 15.3 Å². The van der Waals surface area contributed by atoms with Crippen LogP contribution in [0.1, 0.15) is 59.8 Å². The van der Waals surface area contributed by atoms with Crippen molar-refractivity contribution in [1.29, 1.82) is 0 Å². The van der Waals surface area contributed by atoms with Crippen molar-refractivity contribution in [2.75, 3.05) is 0 Å². The number of rotatable bonds is 7. The van der Waals surface area contributed by atoms with Crippen molar-refractivity contribution in [2.45, 2.75) is 74.5 Å². The molecule has 0 saturated carbocycles. The zero-order valence-electron chi connectivity index (χ0n) is 11.2. The maximum atomic E-state index is 6.26. The van der Waals surface area contributed by atoms with Crippen LogP contribution in [0.2, 0.25) is 8.87 Å². The summed E-state index contributed by atoms with van der Waals surface area (Å²) in [7, 11) is 0. The molecule has 1 rings (SSSR count). The Kier molecular flexibility index (Phi) is 6.05. The third-order valence-electron chi connectivity index (χ3n) is 3.24. The van der Waals surface area contributed by atoms with E-state index >= 15 is 0 Å². The molecule has 0 bridgehead atoms. The summed E-state index contributed by atoms with van der Waals surface area (Å²) in [4.78, 5) is 5.47. The average Bonchev–Trinajstić information content (AvgIpc) is 2.64. The van der Waals surface area contributed by atoms with Gasteiger partial charge in [-0.1, -0.05) is 0 Å². The van der Waals surface area contributed by atoms with Gasteiger partial charge in [0.05, 0.1) is 0 Å². The molecule has 4 heteroatoms. The van der Waals surface area contributed by atoms with E-state index in [0.29, 0.717) is 0 Å². The van der Waals surface area contributed by atoms with Crippen molar-refractivity contribution in [3.05, 3.63) is 0 Å². The zero-order valence-corrected chi connectivity index (χ0v) is 14.0. The molecule has 0 spiro atoms. The fourth-order valence-corrected chi connectivity index (χ4v) is 12.6. The van der Waals surface area contributed by atoms with Crippen LogP contribution in [0.25, 0.3) is 0 Å². The van der Waals surface area contributed by atoms with E-state index in [2.05, 4.69) is 20.8 Å². The van der Waals surface area contributed by atoms with Crippen LogP contribution >= 0.6 is 0 Å². The Bertz CT molecular complexity index is 197. The van der Waals surface area contributed by atoms with Crippen LogP contribution in [0.15, 0.2) is 0 Å². The first-order chi connectivity index (χ1) is 7.60. The van der Waals surface area contributed by atoms with Gasteiger partial charge in [0.1, 0.15) is 0 Å². The first-order valence-corrected chi connectivity index (χ1v) is 13.0. The van der Waals surface area contributed by atoms with Gasteiger partial charge in [0.2, 0.25) is 0 Å². The van der Waals surface area contributed by atoms with Gasteiger partial charge in [-0.3, -0.25) is 0 Å². The molecule has 0 aromatic heterocycles. The summed E-state index contributed by atoms with van der Waals surface area (Å²) in [6, 6.07) is 0. The second kappa shape index (κ2) is 6.57. The van der Waals surface area contributed by atoms with Crippen LogP contribution in [0.4, 0.5) is 0 Å². The first-order valence-electron chi connectivity index (χ1n) is 6.67. The fourth-order valence-electron chi connectivity index (χ4n) is 1.93. The Hall–Kier alpha value is 0.679. The minimum absolute atomic E-state index is 0.461. The predicted molar refractivity (Wildman–Crippen MR) is 67.1 cm³/mol. The molecule has 1 heterocycles. The Morgan fingerprint density at radius 1 is 1.00 bits per heavy atom. The van der Waals surface area contributed by atoms with Gasteiger partial charge in [0.25, 0.3) is 0 Å². The monoisotopic (exact) mass is 338 g/mol. The van der Waals surface area contributed by atoms with E-state index in [1.807, 2.05) is 6.92 Å². The van der Waals surface area contributed by atoms with E-state index in [4.69, 9.17) is 11.2 Å². The standard InChI is InChI=1S/C4H9O3.2C4H9.Sn/c1-3-4(2,5)7-6;2*1-3-4-2;/h6H,3H2,1-2H3;2*1,3-4H2,2H3;/q-1;;;+2/p-1/t4-;;;/m0.../s1. The van der Waals surface area contributed by atoms with Gasteiger partial charge in [-0.15, -0.1) is 0 Å². The molecule has 0 aromatic rings. The maximum absolute atomic E-state index is 6.26. The molecule has 0 amide bonds. The average molecular weight is 337 g/mol. The van der Waals surface area contributed by atoms with Gasteiger partial charge in [-0.05, 0) is 0 Å². The number of hydrogen-bond acceptors (Lipinski definition) is 3. The van der Waals surface area contributed by atoms with Gasteiger partial charge in [0, 0.05) is 0 Å². The van der Waals surface area contributed by atoms with Crippen LogP contribution in [0.3, 0.4) is 0 Å². The minimum atomic E-state index is -2.85. The molecule has 1 fully saturated rings. The second-order valence-electron chi connectivity index (χ2n) is 4.87. The molecule has 0 N–H and O–H groups in total. The molecular weight excluding hydrogens is 311 g/mol. The summed E-state index contributed by atoms with van der Waals surface area (Å²) in [5, 5.41) is 0. The summed E-state index contributed by atoms with van der Waals surface area (Å²) in [6.45, 7) is 8.52. The second-order valence-corrected chi connectivity index (χ2v) is 14.0.